The van der Waals surface area contributed by atoms with Gasteiger partial charge in [-0.3, -0.25) is 0 Å². The van der Waals surface area contributed by atoms with Crippen molar-refractivity contribution in [2.75, 3.05) is 0 Å². The van der Waals surface area contributed by atoms with Crippen LogP contribution in [0, 0.1) is 13.8 Å². The quantitative estimate of drug-likeness (QED) is 0.370. The van der Waals surface area contributed by atoms with Crippen LogP contribution in [0.2, 0.25) is 0 Å². The molecule has 0 aliphatic carbocycles. The lowest BCUT2D eigenvalue weighted by Gasteiger charge is -1.99. The smallest absolute Gasteiger partial charge is 0.0736 e. The molecule has 0 aliphatic heterocycles. The first kappa shape index (κ1) is 7.79. The largest absolute Gasteiger partial charge is 0.411 e. The maximum absolute atomic E-state index is 8.30. The van der Waals surface area contributed by atoms with Crippen LogP contribution in [0.5, 0.6) is 0 Å². The molecule has 2 heteroatoms. The maximum Gasteiger partial charge on any atom is 0.0736 e. The van der Waals surface area contributed by atoms with E-state index in [0.29, 0.717) is 0 Å². The Morgan fingerprint density at radius 1 is 1.36 bits per heavy atom. The summed E-state index contributed by atoms with van der Waals surface area (Å²) in [6, 6.07) is 6.02. The Bertz CT molecular complexity index is 279. The molecule has 0 heterocycles. The van der Waals surface area contributed by atoms with Gasteiger partial charge < -0.3 is 5.21 Å². The Hall–Kier alpha value is -1.31. The lowest BCUT2D eigenvalue weighted by Crippen LogP contribution is -1.87. The van der Waals surface area contributed by atoms with Gasteiger partial charge in [0, 0.05) is 0 Å². The number of hydrogen-bond acceptors (Lipinski definition) is 2. The third kappa shape index (κ3) is 1.80. The number of benzene rings is 1. The number of hydrogen-bond donors (Lipinski definition) is 1. The molecular weight excluding hydrogens is 138 g/mol. The molecule has 1 aromatic rings. The van der Waals surface area contributed by atoms with Gasteiger partial charge in [0.2, 0.25) is 0 Å². The van der Waals surface area contributed by atoms with Gasteiger partial charge in [0.15, 0.2) is 0 Å². The van der Waals surface area contributed by atoms with Crippen molar-refractivity contribution in [2.45, 2.75) is 13.8 Å². The number of oxime groups is 1. The first-order valence-corrected chi connectivity index (χ1v) is 3.48. The molecule has 0 fully saturated rings. The molecule has 0 aromatic heterocycles. The Morgan fingerprint density at radius 2 is 2.09 bits per heavy atom. The Kier molecular flexibility index (Phi) is 2.26. The third-order valence-corrected chi connectivity index (χ3v) is 1.63. The van der Waals surface area contributed by atoms with Crippen molar-refractivity contribution in [2.24, 2.45) is 5.16 Å². The van der Waals surface area contributed by atoms with E-state index >= 15 is 0 Å². The fourth-order valence-electron chi connectivity index (χ4n) is 0.961. The summed E-state index contributed by atoms with van der Waals surface area (Å²) in [6.45, 7) is 3.99. The average Bonchev–Trinajstić information content (AvgIpc) is 1.98. The van der Waals surface area contributed by atoms with Crippen LogP contribution in [0.15, 0.2) is 23.4 Å². The summed E-state index contributed by atoms with van der Waals surface area (Å²) >= 11 is 0. The van der Waals surface area contributed by atoms with Crippen LogP contribution in [0.25, 0.3) is 0 Å². The zero-order valence-corrected chi connectivity index (χ0v) is 6.70. The molecule has 1 aromatic carbocycles. The van der Waals surface area contributed by atoms with Crippen molar-refractivity contribution in [3.8, 4) is 0 Å². The Morgan fingerprint density at radius 3 is 2.73 bits per heavy atom. The molecule has 0 aliphatic rings. The summed E-state index contributed by atoms with van der Waals surface area (Å²) in [6.07, 6.45) is 1.45. The summed E-state index contributed by atoms with van der Waals surface area (Å²) < 4.78 is 0. The van der Waals surface area contributed by atoms with E-state index in [1.807, 2.05) is 32.0 Å². The molecule has 1 rings (SSSR count). The number of nitrogens with zero attached hydrogens (tertiary/aromatic N) is 1. The Labute approximate surface area is 66.2 Å². The highest BCUT2D eigenvalue weighted by molar-refractivity contribution is 5.81. The molecule has 0 unspecified atom stereocenters. The molecule has 0 atom stereocenters. The van der Waals surface area contributed by atoms with Gasteiger partial charge in [-0.1, -0.05) is 28.9 Å². The van der Waals surface area contributed by atoms with Crippen LogP contribution in [-0.4, -0.2) is 11.4 Å². The highest BCUT2D eigenvalue weighted by Gasteiger charge is 1.93. The standard InChI is InChI=1S/C9H11NO/c1-7-3-4-8(2)9(5-7)6-10-11/h3-6,11H,1-2H3. The minimum absolute atomic E-state index is 0.965. The second-order valence-corrected chi connectivity index (χ2v) is 2.60. The molecule has 0 amide bonds. The molecule has 11 heavy (non-hydrogen) atoms. The van der Waals surface area contributed by atoms with Gasteiger partial charge in [0.1, 0.15) is 0 Å². The SMILES string of the molecule is Cc1ccc(C)c(C=NO)c1. The van der Waals surface area contributed by atoms with E-state index in [1.54, 1.807) is 0 Å². The van der Waals surface area contributed by atoms with E-state index in [0.717, 1.165) is 11.1 Å². The van der Waals surface area contributed by atoms with E-state index in [4.69, 9.17) is 5.21 Å². The fraction of sp³-hybridized carbons (Fsp3) is 0.222. The van der Waals surface area contributed by atoms with E-state index in [-0.39, 0.29) is 0 Å². The molecule has 0 saturated carbocycles. The summed E-state index contributed by atoms with van der Waals surface area (Å²) in [5.41, 5.74) is 3.26. The normalized spacial score (nSPS) is 10.7. The van der Waals surface area contributed by atoms with Gasteiger partial charge >= 0.3 is 0 Å². The van der Waals surface area contributed by atoms with Crippen molar-refractivity contribution in [3.63, 3.8) is 0 Å². The minimum Gasteiger partial charge on any atom is -0.411 e. The predicted molar refractivity (Wildman–Crippen MR) is 45.3 cm³/mol. The van der Waals surface area contributed by atoms with Gasteiger partial charge in [-0.05, 0) is 25.0 Å². The molecule has 0 bridgehead atoms. The summed E-state index contributed by atoms with van der Waals surface area (Å²) in [5.74, 6) is 0. The van der Waals surface area contributed by atoms with Crippen molar-refractivity contribution in [1.29, 1.82) is 0 Å². The first-order chi connectivity index (χ1) is 5.24. The molecule has 0 spiro atoms. The molecule has 1 N–H and O–H groups in total. The maximum atomic E-state index is 8.30. The lowest BCUT2D eigenvalue weighted by molar-refractivity contribution is 0.322. The Balaban J connectivity index is 3.12. The van der Waals surface area contributed by atoms with Crippen LogP contribution in [0.1, 0.15) is 16.7 Å². The molecule has 0 radical (unpaired) electrons. The van der Waals surface area contributed by atoms with Crippen LogP contribution < -0.4 is 0 Å². The first-order valence-electron chi connectivity index (χ1n) is 3.48. The van der Waals surface area contributed by atoms with Crippen molar-refractivity contribution in [3.05, 3.63) is 34.9 Å². The highest BCUT2D eigenvalue weighted by atomic mass is 16.4. The van der Waals surface area contributed by atoms with Crippen LogP contribution in [0.4, 0.5) is 0 Å². The van der Waals surface area contributed by atoms with Crippen LogP contribution in [-0.2, 0) is 0 Å². The van der Waals surface area contributed by atoms with Gasteiger partial charge in [0.05, 0.1) is 6.21 Å². The molecule has 0 saturated heterocycles. The lowest BCUT2D eigenvalue weighted by atomic mass is 10.1. The average molecular weight is 149 g/mol. The zero-order chi connectivity index (χ0) is 8.27. The van der Waals surface area contributed by atoms with Crippen molar-refractivity contribution in [1.82, 2.24) is 0 Å². The van der Waals surface area contributed by atoms with Gasteiger partial charge in [0.25, 0.3) is 0 Å². The summed E-state index contributed by atoms with van der Waals surface area (Å²) in [4.78, 5) is 0. The van der Waals surface area contributed by atoms with E-state index in [9.17, 15) is 0 Å². The van der Waals surface area contributed by atoms with E-state index in [1.165, 1.54) is 11.8 Å². The second-order valence-electron chi connectivity index (χ2n) is 2.60. The molecule has 58 valence electrons. The zero-order valence-electron chi connectivity index (χ0n) is 6.70. The summed E-state index contributed by atoms with van der Waals surface area (Å²) in [7, 11) is 0. The number of aryl methyl sites for hydroxylation is 2. The monoisotopic (exact) mass is 149 g/mol. The predicted octanol–water partition coefficient (Wildman–Crippen LogP) is 2.11. The second kappa shape index (κ2) is 3.19. The van der Waals surface area contributed by atoms with E-state index < -0.39 is 0 Å². The van der Waals surface area contributed by atoms with Crippen LogP contribution in [0.3, 0.4) is 0 Å². The molecular formula is C9H11NO. The van der Waals surface area contributed by atoms with Crippen LogP contribution >= 0.6 is 0 Å². The van der Waals surface area contributed by atoms with E-state index in [2.05, 4.69) is 5.16 Å². The topological polar surface area (TPSA) is 32.6 Å². The van der Waals surface area contributed by atoms with Gasteiger partial charge in [-0.25, -0.2) is 0 Å². The summed E-state index contributed by atoms with van der Waals surface area (Å²) in [5, 5.41) is 11.3. The van der Waals surface area contributed by atoms with Gasteiger partial charge in [-0.15, -0.1) is 0 Å². The van der Waals surface area contributed by atoms with Crippen molar-refractivity contribution < 1.29 is 5.21 Å². The molecule has 2 nitrogen and oxygen atoms in total. The highest BCUT2D eigenvalue weighted by Crippen LogP contribution is 2.07. The van der Waals surface area contributed by atoms with Gasteiger partial charge in [-0.2, -0.15) is 0 Å². The number of rotatable bonds is 1. The van der Waals surface area contributed by atoms with Crippen molar-refractivity contribution >= 4 is 6.21 Å². The third-order valence-electron chi connectivity index (χ3n) is 1.63. The minimum atomic E-state index is 0.965. The fourth-order valence-corrected chi connectivity index (χ4v) is 0.961.